The third kappa shape index (κ3) is 3.07. The zero-order valence-corrected chi connectivity index (χ0v) is 12.6. The van der Waals surface area contributed by atoms with E-state index in [-0.39, 0.29) is 0 Å². The fourth-order valence-corrected chi connectivity index (χ4v) is 2.16. The number of hydrogen-bond acceptors (Lipinski definition) is 3. The zero-order chi connectivity index (χ0) is 14.5. The quantitative estimate of drug-likeness (QED) is 0.876. The fraction of sp³-hybridized carbons (Fsp3) is 0.375. The second-order valence-corrected chi connectivity index (χ2v) is 4.73. The summed E-state index contributed by atoms with van der Waals surface area (Å²) in [5.41, 5.74) is 3.46. The number of ether oxygens (including phenoxy) is 2. The molecule has 4 heteroatoms. The molecule has 4 nitrogen and oxygen atoms in total. The maximum absolute atomic E-state index is 5.34. The van der Waals surface area contributed by atoms with E-state index in [1.54, 1.807) is 14.2 Å². The number of hydrogen-bond donors (Lipinski definition) is 1. The minimum absolute atomic E-state index is 0.742. The van der Waals surface area contributed by atoms with Gasteiger partial charge in [-0.2, -0.15) is 0 Å². The van der Waals surface area contributed by atoms with Crippen LogP contribution < -0.4 is 14.8 Å². The summed E-state index contributed by atoms with van der Waals surface area (Å²) in [4.78, 5) is 0. The minimum atomic E-state index is 0.742. The lowest BCUT2D eigenvalue weighted by Gasteiger charge is -2.14. The molecule has 0 radical (unpaired) electrons. The van der Waals surface area contributed by atoms with Crippen LogP contribution >= 0.6 is 0 Å². The molecule has 0 fully saturated rings. The number of aryl methyl sites for hydroxylation is 2. The van der Waals surface area contributed by atoms with Crippen molar-refractivity contribution in [3.8, 4) is 11.5 Å². The van der Waals surface area contributed by atoms with Gasteiger partial charge in [0.2, 0.25) is 0 Å². The molecule has 1 aromatic heterocycles. The van der Waals surface area contributed by atoms with Crippen LogP contribution in [0.15, 0.2) is 30.6 Å². The van der Waals surface area contributed by atoms with Crippen LogP contribution in [0.1, 0.15) is 18.1 Å². The number of aromatic nitrogens is 1. The summed E-state index contributed by atoms with van der Waals surface area (Å²) in [5.74, 6) is 1.50. The Morgan fingerprint density at radius 2 is 1.85 bits per heavy atom. The molecule has 0 saturated heterocycles. The monoisotopic (exact) mass is 274 g/mol. The molecule has 2 aromatic rings. The van der Waals surface area contributed by atoms with Crippen LogP contribution in [-0.4, -0.2) is 18.8 Å². The van der Waals surface area contributed by atoms with Crippen LogP contribution in [0, 0.1) is 6.92 Å². The summed E-state index contributed by atoms with van der Waals surface area (Å²) in [7, 11) is 3.30. The average Bonchev–Trinajstić information content (AvgIpc) is 2.93. The Morgan fingerprint density at radius 3 is 2.45 bits per heavy atom. The van der Waals surface area contributed by atoms with Crippen molar-refractivity contribution in [2.45, 2.75) is 26.9 Å². The molecule has 0 aliphatic rings. The van der Waals surface area contributed by atoms with Crippen LogP contribution in [-0.2, 0) is 13.1 Å². The van der Waals surface area contributed by atoms with E-state index < -0.39 is 0 Å². The Hall–Kier alpha value is -2.10. The third-order valence-corrected chi connectivity index (χ3v) is 3.39. The summed E-state index contributed by atoms with van der Waals surface area (Å²) in [6.07, 6.45) is 4.25. The zero-order valence-electron chi connectivity index (χ0n) is 12.6. The first-order valence-corrected chi connectivity index (χ1v) is 6.79. The molecule has 20 heavy (non-hydrogen) atoms. The highest BCUT2D eigenvalue weighted by Crippen LogP contribution is 2.33. The van der Waals surface area contributed by atoms with Gasteiger partial charge in [-0.05, 0) is 37.1 Å². The van der Waals surface area contributed by atoms with E-state index in [2.05, 4.69) is 42.2 Å². The third-order valence-electron chi connectivity index (χ3n) is 3.39. The van der Waals surface area contributed by atoms with Crippen molar-refractivity contribution in [3.05, 3.63) is 41.7 Å². The number of rotatable bonds is 6. The summed E-state index contributed by atoms with van der Waals surface area (Å²) in [5, 5.41) is 3.44. The van der Waals surface area contributed by atoms with Gasteiger partial charge in [0, 0.05) is 37.2 Å². The maximum atomic E-state index is 5.34. The lowest BCUT2D eigenvalue weighted by atomic mass is 10.1. The second kappa shape index (κ2) is 6.37. The van der Waals surface area contributed by atoms with Crippen LogP contribution in [0.5, 0.6) is 11.5 Å². The Bertz CT molecular complexity index is 576. The molecule has 0 atom stereocenters. The topological polar surface area (TPSA) is 35.4 Å². The SMILES string of the molecule is CCn1ccc(CNc2cc(OC)c(OC)cc2C)c1. The molecule has 0 saturated carbocycles. The van der Waals surface area contributed by atoms with Gasteiger partial charge in [-0.3, -0.25) is 0 Å². The number of methoxy groups -OCH3 is 2. The Morgan fingerprint density at radius 1 is 1.15 bits per heavy atom. The van der Waals surface area contributed by atoms with Crippen molar-refractivity contribution in [2.24, 2.45) is 0 Å². The van der Waals surface area contributed by atoms with Crippen molar-refractivity contribution in [1.82, 2.24) is 4.57 Å². The van der Waals surface area contributed by atoms with Crippen LogP contribution in [0.4, 0.5) is 5.69 Å². The molecule has 108 valence electrons. The van der Waals surface area contributed by atoms with E-state index in [9.17, 15) is 0 Å². The van der Waals surface area contributed by atoms with E-state index in [1.807, 2.05) is 12.1 Å². The molecule has 1 heterocycles. The van der Waals surface area contributed by atoms with Gasteiger partial charge in [0.15, 0.2) is 11.5 Å². The van der Waals surface area contributed by atoms with Gasteiger partial charge < -0.3 is 19.4 Å². The predicted molar refractivity (Wildman–Crippen MR) is 81.7 cm³/mol. The molecule has 0 aliphatic heterocycles. The summed E-state index contributed by atoms with van der Waals surface area (Å²) >= 11 is 0. The molecule has 0 unspecified atom stereocenters. The van der Waals surface area contributed by atoms with Crippen LogP contribution in [0.3, 0.4) is 0 Å². The largest absolute Gasteiger partial charge is 0.493 e. The molecule has 2 rings (SSSR count). The number of benzene rings is 1. The molecule has 1 N–H and O–H groups in total. The van der Waals surface area contributed by atoms with E-state index in [4.69, 9.17) is 9.47 Å². The lowest BCUT2D eigenvalue weighted by Crippen LogP contribution is -2.02. The highest BCUT2D eigenvalue weighted by atomic mass is 16.5. The summed E-state index contributed by atoms with van der Waals surface area (Å²) < 4.78 is 12.8. The molecular weight excluding hydrogens is 252 g/mol. The smallest absolute Gasteiger partial charge is 0.162 e. The lowest BCUT2D eigenvalue weighted by molar-refractivity contribution is 0.355. The Labute approximate surface area is 120 Å². The average molecular weight is 274 g/mol. The van der Waals surface area contributed by atoms with E-state index in [0.717, 1.165) is 35.8 Å². The Balaban J connectivity index is 2.12. The van der Waals surface area contributed by atoms with Gasteiger partial charge in [-0.25, -0.2) is 0 Å². The van der Waals surface area contributed by atoms with Crippen LogP contribution in [0.25, 0.3) is 0 Å². The number of anilines is 1. The Kier molecular flexibility index (Phi) is 4.56. The van der Waals surface area contributed by atoms with Gasteiger partial charge in [-0.1, -0.05) is 0 Å². The molecular formula is C16H22N2O2. The van der Waals surface area contributed by atoms with Gasteiger partial charge >= 0.3 is 0 Å². The molecule has 0 bridgehead atoms. The fourth-order valence-electron chi connectivity index (χ4n) is 2.16. The first-order valence-electron chi connectivity index (χ1n) is 6.79. The number of nitrogens with zero attached hydrogens (tertiary/aromatic N) is 1. The standard InChI is InChI=1S/C16H22N2O2/c1-5-18-7-6-13(11-18)10-17-14-9-16(20-4)15(19-3)8-12(14)2/h6-9,11,17H,5,10H2,1-4H3. The van der Waals surface area contributed by atoms with Crippen molar-refractivity contribution < 1.29 is 9.47 Å². The van der Waals surface area contributed by atoms with Crippen molar-refractivity contribution in [1.29, 1.82) is 0 Å². The predicted octanol–water partition coefficient (Wildman–Crippen LogP) is 3.45. The number of nitrogens with one attached hydrogen (secondary N) is 1. The second-order valence-electron chi connectivity index (χ2n) is 4.73. The van der Waals surface area contributed by atoms with Crippen molar-refractivity contribution in [2.75, 3.05) is 19.5 Å². The van der Waals surface area contributed by atoms with E-state index >= 15 is 0 Å². The molecule has 0 spiro atoms. The van der Waals surface area contributed by atoms with Gasteiger partial charge in [0.1, 0.15) is 0 Å². The van der Waals surface area contributed by atoms with Gasteiger partial charge in [0.05, 0.1) is 14.2 Å². The minimum Gasteiger partial charge on any atom is -0.493 e. The van der Waals surface area contributed by atoms with Crippen LogP contribution in [0.2, 0.25) is 0 Å². The molecule has 1 aromatic carbocycles. The summed E-state index contributed by atoms with van der Waals surface area (Å²) in [6.45, 7) is 5.98. The van der Waals surface area contributed by atoms with Gasteiger partial charge in [0.25, 0.3) is 0 Å². The van der Waals surface area contributed by atoms with Crippen molar-refractivity contribution in [3.63, 3.8) is 0 Å². The first-order chi connectivity index (χ1) is 9.67. The van der Waals surface area contributed by atoms with Crippen molar-refractivity contribution >= 4 is 5.69 Å². The highest BCUT2D eigenvalue weighted by molar-refractivity contribution is 5.60. The molecule has 0 aliphatic carbocycles. The normalized spacial score (nSPS) is 10.4. The van der Waals surface area contributed by atoms with Gasteiger partial charge in [-0.15, -0.1) is 0 Å². The van der Waals surface area contributed by atoms with E-state index in [0.29, 0.717) is 0 Å². The molecule has 0 amide bonds. The first kappa shape index (κ1) is 14.3. The highest BCUT2D eigenvalue weighted by Gasteiger charge is 2.08. The van der Waals surface area contributed by atoms with E-state index in [1.165, 1.54) is 5.56 Å². The maximum Gasteiger partial charge on any atom is 0.162 e. The summed E-state index contributed by atoms with van der Waals surface area (Å²) in [6, 6.07) is 6.09.